The Labute approximate surface area is 66.7 Å². The lowest BCUT2D eigenvalue weighted by Gasteiger charge is -2.35. The maximum Gasteiger partial charge on any atom is 0.225 e. The Morgan fingerprint density at radius 3 is 2.91 bits per heavy atom. The summed E-state index contributed by atoms with van der Waals surface area (Å²) < 4.78 is 0. The van der Waals surface area contributed by atoms with Crippen molar-refractivity contribution in [2.24, 2.45) is 5.92 Å². The van der Waals surface area contributed by atoms with E-state index in [-0.39, 0.29) is 5.92 Å². The number of piperidine rings is 1. The van der Waals surface area contributed by atoms with Gasteiger partial charge in [0.25, 0.3) is 0 Å². The van der Waals surface area contributed by atoms with Crippen LogP contribution in [0.2, 0.25) is 0 Å². The van der Waals surface area contributed by atoms with Crippen LogP contribution in [0.5, 0.6) is 0 Å². The average molecular weight is 157 g/mol. The highest BCUT2D eigenvalue weighted by Crippen LogP contribution is 2.25. The third-order valence-electron chi connectivity index (χ3n) is 2.13. The first kappa shape index (κ1) is 8.71. The quantitative estimate of drug-likeness (QED) is 0.396. The molecule has 1 aliphatic heterocycles. The normalized spacial score (nSPS) is 29.8. The van der Waals surface area contributed by atoms with Gasteiger partial charge in [-0.3, -0.25) is 5.32 Å². The molecule has 1 unspecified atom stereocenters. The van der Waals surface area contributed by atoms with E-state index in [4.69, 9.17) is 0 Å². The predicted octanol–water partition coefficient (Wildman–Crippen LogP) is 0.201. The van der Waals surface area contributed by atoms with Gasteiger partial charge in [-0.15, -0.1) is 6.58 Å². The molecule has 3 heteroatoms. The maximum absolute atomic E-state index is 9.36. The van der Waals surface area contributed by atoms with Crippen LogP contribution >= 0.6 is 0 Å². The second-order valence-corrected chi connectivity index (χ2v) is 3.02. The number of allylic oxidation sites excluding steroid dienone is 1. The zero-order chi connectivity index (χ0) is 8.32. The van der Waals surface area contributed by atoms with Gasteiger partial charge in [-0.05, 0) is 19.3 Å². The van der Waals surface area contributed by atoms with Crippen molar-refractivity contribution in [2.45, 2.75) is 25.2 Å². The van der Waals surface area contributed by atoms with Gasteiger partial charge in [-0.1, -0.05) is 6.08 Å². The van der Waals surface area contributed by atoms with Gasteiger partial charge in [0.1, 0.15) is 0 Å². The standard InChI is InChI=1S/C8H15NO2/c1-2-4-7-5-3-6-9-8(7,10)11/h2,7,9-11H,1,3-6H2. The minimum Gasteiger partial charge on any atom is -0.353 e. The van der Waals surface area contributed by atoms with E-state index >= 15 is 0 Å². The van der Waals surface area contributed by atoms with Crippen LogP contribution in [-0.2, 0) is 0 Å². The molecule has 0 spiro atoms. The zero-order valence-electron chi connectivity index (χ0n) is 6.58. The van der Waals surface area contributed by atoms with Gasteiger partial charge in [0.2, 0.25) is 5.91 Å². The highest BCUT2D eigenvalue weighted by molar-refractivity contribution is 4.84. The first-order chi connectivity index (χ1) is 5.17. The maximum atomic E-state index is 9.36. The molecule has 3 nitrogen and oxygen atoms in total. The summed E-state index contributed by atoms with van der Waals surface area (Å²) in [5.74, 6) is -1.78. The molecular weight excluding hydrogens is 142 g/mol. The van der Waals surface area contributed by atoms with Crippen LogP contribution in [0.15, 0.2) is 12.7 Å². The van der Waals surface area contributed by atoms with Crippen molar-refractivity contribution in [3.05, 3.63) is 12.7 Å². The summed E-state index contributed by atoms with van der Waals surface area (Å²) in [6.45, 7) is 4.25. The van der Waals surface area contributed by atoms with Crippen LogP contribution in [0.4, 0.5) is 0 Å². The van der Waals surface area contributed by atoms with E-state index in [1.165, 1.54) is 0 Å². The minimum atomic E-state index is -1.67. The second kappa shape index (κ2) is 3.34. The van der Waals surface area contributed by atoms with Crippen LogP contribution < -0.4 is 5.32 Å². The van der Waals surface area contributed by atoms with E-state index in [1.54, 1.807) is 6.08 Å². The lowest BCUT2D eigenvalue weighted by Crippen LogP contribution is -2.54. The Bertz CT molecular complexity index is 145. The lowest BCUT2D eigenvalue weighted by molar-refractivity contribution is -0.233. The monoisotopic (exact) mass is 157 g/mol. The van der Waals surface area contributed by atoms with Gasteiger partial charge in [0, 0.05) is 12.5 Å². The van der Waals surface area contributed by atoms with Gasteiger partial charge >= 0.3 is 0 Å². The van der Waals surface area contributed by atoms with Crippen molar-refractivity contribution in [3.8, 4) is 0 Å². The van der Waals surface area contributed by atoms with Gasteiger partial charge in [-0.2, -0.15) is 0 Å². The number of nitrogens with one attached hydrogen (secondary N) is 1. The third kappa shape index (κ3) is 2.02. The zero-order valence-corrected chi connectivity index (χ0v) is 6.58. The fourth-order valence-corrected chi connectivity index (χ4v) is 1.45. The van der Waals surface area contributed by atoms with Gasteiger partial charge in [-0.25, -0.2) is 0 Å². The molecule has 1 aliphatic rings. The molecule has 0 amide bonds. The molecule has 0 aliphatic carbocycles. The lowest BCUT2D eigenvalue weighted by atomic mass is 9.92. The molecule has 1 atom stereocenters. The fourth-order valence-electron chi connectivity index (χ4n) is 1.45. The first-order valence-corrected chi connectivity index (χ1v) is 3.97. The minimum absolute atomic E-state index is 0.103. The molecule has 0 aromatic carbocycles. The van der Waals surface area contributed by atoms with E-state index in [2.05, 4.69) is 11.9 Å². The molecule has 1 saturated heterocycles. The van der Waals surface area contributed by atoms with Crippen molar-refractivity contribution in [3.63, 3.8) is 0 Å². The van der Waals surface area contributed by atoms with Crippen LogP contribution in [0.25, 0.3) is 0 Å². The molecule has 0 saturated carbocycles. The molecule has 64 valence electrons. The third-order valence-corrected chi connectivity index (χ3v) is 2.13. The topological polar surface area (TPSA) is 52.5 Å². The summed E-state index contributed by atoms with van der Waals surface area (Å²) in [6.07, 6.45) is 4.23. The van der Waals surface area contributed by atoms with Crippen LogP contribution in [-0.4, -0.2) is 22.7 Å². The van der Waals surface area contributed by atoms with Crippen LogP contribution in [0, 0.1) is 5.92 Å². The van der Waals surface area contributed by atoms with Crippen LogP contribution in [0.1, 0.15) is 19.3 Å². The Morgan fingerprint density at radius 2 is 2.36 bits per heavy atom. The molecule has 0 radical (unpaired) electrons. The summed E-state index contributed by atoms with van der Waals surface area (Å²) in [7, 11) is 0. The largest absolute Gasteiger partial charge is 0.353 e. The average Bonchev–Trinajstić information content (AvgIpc) is 1.94. The molecule has 0 aromatic rings. The van der Waals surface area contributed by atoms with Crippen molar-refractivity contribution < 1.29 is 10.2 Å². The molecule has 0 aromatic heterocycles. The number of rotatable bonds is 2. The van der Waals surface area contributed by atoms with E-state index in [0.29, 0.717) is 13.0 Å². The second-order valence-electron chi connectivity index (χ2n) is 3.02. The summed E-state index contributed by atoms with van der Waals surface area (Å²) in [4.78, 5) is 0. The van der Waals surface area contributed by atoms with E-state index in [0.717, 1.165) is 12.8 Å². The fraction of sp³-hybridized carbons (Fsp3) is 0.750. The molecule has 1 fully saturated rings. The smallest absolute Gasteiger partial charge is 0.225 e. The van der Waals surface area contributed by atoms with Gasteiger partial charge < -0.3 is 10.2 Å². The molecule has 1 heterocycles. The van der Waals surface area contributed by atoms with E-state index in [9.17, 15) is 10.2 Å². The van der Waals surface area contributed by atoms with Gasteiger partial charge in [0.15, 0.2) is 0 Å². The van der Waals surface area contributed by atoms with Crippen molar-refractivity contribution in [2.75, 3.05) is 6.54 Å². The Morgan fingerprint density at radius 1 is 1.64 bits per heavy atom. The van der Waals surface area contributed by atoms with Crippen molar-refractivity contribution in [1.82, 2.24) is 5.32 Å². The summed E-state index contributed by atoms with van der Waals surface area (Å²) in [5, 5.41) is 21.4. The van der Waals surface area contributed by atoms with Crippen molar-refractivity contribution in [1.29, 1.82) is 0 Å². The summed E-state index contributed by atoms with van der Waals surface area (Å²) >= 11 is 0. The Kier molecular flexibility index (Phi) is 2.65. The summed E-state index contributed by atoms with van der Waals surface area (Å²) in [5.41, 5.74) is 0. The molecule has 3 N–H and O–H groups in total. The highest BCUT2D eigenvalue weighted by atomic mass is 16.5. The predicted molar refractivity (Wildman–Crippen MR) is 42.7 cm³/mol. The molecule has 0 bridgehead atoms. The van der Waals surface area contributed by atoms with Crippen molar-refractivity contribution >= 4 is 0 Å². The Balaban J connectivity index is 2.52. The Hall–Kier alpha value is -0.380. The van der Waals surface area contributed by atoms with Crippen LogP contribution in [0.3, 0.4) is 0 Å². The molecule has 1 rings (SSSR count). The number of aliphatic hydroxyl groups is 2. The molecular formula is C8H15NO2. The SMILES string of the molecule is C=CCC1CCCNC1(O)O. The first-order valence-electron chi connectivity index (χ1n) is 3.97. The summed E-state index contributed by atoms with van der Waals surface area (Å²) in [6, 6.07) is 0. The number of hydrogen-bond acceptors (Lipinski definition) is 3. The van der Waals surface area contributed by atoms with E-state index in [1.807, 2.05) is 0 Å². The van der Waals surface area contributed by atoms with E-state index < -0.39 is 5.91 Å². The van der Waals surface area contributed by atoms with Gasteiger partial charge in [0.05, 0.1) is 0 Å². The highest BCUT2D eigenvalue weighted by Gasteiger charge is 2.35. The molecule has 11 heavy (non-hydrogen) atoms. The number of hydrogen-bond donors (Lipinski definition) is 3.